The van der Waals surface area contributed by atoms with E-state index in [1.807, 2.05) is 4.90 Å². The topological polar surface area (TPSA) is 62.3 Å². The number of nitrogens with one attached hydrogen (secondary N) is 1. The Morgan fingerprint density at radius 2 is 2.10 bits per heavy atom. The van der Waals surface area contributed by atoms with Crippen LogP contribution in [-0.2, 0) is 9.59 Å². The molecule has 1 atom stereocenters. The third kappa shape index (κ3) is 3.23. The second-order valence-electron chi connectivity index (χ2n) is 5.97. The molecule has 1 aliphatic heterocycles. The van der Waals surface area contributed by atoms with Crippen molar-refractivity contribution in [1.29, 1.82) is 0 Å². The molecule has 1 saturated carbocycles. The fourth-order valence-electron chi connectivity index (χ4n) is 3.33. The van der Waals surface area contributed by atoms with Crippen molar-refractivity contribution in [3.05, 3.63) is 24.5 Å². The highest BCUT2D eigenvalue weighted by Gasteiger charge is 2.38. The van der Waals surface area contributed by atoms with Gasteiger partial charge in [-0.05, 0) is 25.0 Å². The summed E-state index contributed by atoms with van der Waals surface area (Å²) in [6.07, 6.45) is 9.45. The Kier molecular flexibility index (Phi) is 4.18. The Labute approximate surface area is 124 Å². The van der Waals surface area contributed by atoms with Gasteiger partial charge in [0.1, 0.15) is 0 Å². The van der Waals surface area contributed by atoms with Gasteiger partial charge < -0.3 is 10.2 Å². The lowest BCUT2D eigenvalue weighted by atomic mass is 9.94. The van der Waals surface area contributed by atoms with E-state index in [4.69, 9.17) is 0 Å². The normalized spacial score (nSPS) is 23.3. The average molecular weight is 287 g/mol. The Morgan fingerprint density at radius 3 is 2.81 bits per heavy atom. The monoisotopic (exact) mass is 287 g/mol. The van der Waals surface area contributed by atoms with Gasteiger partial charge in [-0.3, -0.25) is 14.6 Å². The lowest BCUT2D eigenvalue weighted by Gasteiger charge is -2.31. The number of likely N-dealkylation sites (tertiary alicyclic amines) is 1. The maximum Gasteiger partial charge on any atom is 0.229 e. The molecule has 0 aromatic carbocycles. The average Bonchev–Trinajstić information content (AvgIpc) is 2.91. The molecule has 1 unspecified atom stereocenters. The van der Waals surface area contributed by atoms with Crippen LogP contribution in [0.4, 0.5) is 5.69 Å². The second-order valence-corrected chi connectivity index (χ2v) is 5.97. The largest absolute Gasteiger partial charge is 0.339 e. The summed E-state index contributed by atoms with van der Waals surface area (Å²) >= 11 is 0. The van der Waals surface area contributed by atoms with E-state index in [0.717, 1.165) is 12.8 Å². The van der Waals surface area contributed by atoms with Crippen LogP contribution in [0, 0.1) is 5.92 Å². The summed E-state index contributed by atoms with van der Waals surface area (Å²) in [7, 11) is 0. The number of hydrogen-bond donors (Lipinski definition) is 1. The van der Waals surface area contributed by atoms with E-state index >= 15 is 0 Å². The fraction of sp³-hybridized carbons (Fsp3) is 0.562. The summed E-state index contributed by atoms with van der Waals surface area (Å²) in [6.45, 7) is 0.565. The quantitative estimate of drug-likeness (QED) is 0.927. The third-order valence-electron chi connectivity index (χ3n) is 4.47. The predicted octanol–water partition coefficient (Wildman–Crippen LogP) is 2.20. The molecule has 5 nitrogen and oxygen atoms in total. The van der Waals surface area contributed by atoms with Gasteiger partial charge in [0.2, 0.25) is 11.8 Å². The summed E-state index contributed by atoms with van der Waals surface area (Å²) in [4.78, 5) is 30.4. The molecule has 2 aliphatic rings. The van der Waals surface area contributed by atoms with Gasteiger partial charge in [-0.25, -0.2) is 0 Å². The van der Waals surface area contributed by atoms with Crippen molar-refractivity contribution < 1.29 is 9.59 Å². The molecule has 5 heteroatoms. The van der Waals surface area contributed by atoms with Crippen molar-refractivity contribution >= 4 is 17.5 Å². The Bertz CT molecular complexity index is 512. The maximum atomic E-state index is 12.3. The van der Waals surface area contributed by atoms with Crippen LogP contribution in [0.1, 0.15) is 38.5 Å². The highest BCUT2D eigenvalue weighted by Crippen LogP contribution is 2.29. The van der Waals surface area contributed by atoms with E-state index < -0.39 is 0 Å². The Balaban J connectivity index is 1.60. The second kappa shape index (κ2) is 6.24. The number of aromatic nitrogens is 1. The first kappa shape index (κ1) is 14.0. The van der Waals surface area contributed by atoms with Crippen LogP contribution in [0.3, 0.4) is 0 Å². The van der Waals surface area contributed by atoms with Crippen molar-refractivity contribution in [2.24, 2.45) is 5.92 Å². The smallest absolute Gasteiger partial charge is 0.229 e. The van der Waals surface area contributed by atoms with Crippen LogP contribution in [-0.4, -0.2) is 34.3 Å². The number of nitrogens with zero attached hydrogens (tertiary/aromatic N) is 2. The third-order valence-corrected chi connectivity index (χ3v) is 4.47. The number of carbonyl (C=O) groups is 2. The molecule has 2 heterocycles. The zero-order chi connectivity index (χ0) is 14.7. The van der Waals surface area contributed by atoms with E-state index in [1.165, 1.54) is 19.3 Å². The first-order valence-electron chi connectivity index (χ1n) is 7.74. The molecule has 112 valence electrons. The van der Waals surface area contributed by atoms with Gasteiger partial charge in [-0.2, -0.15) is 0 Å². The molecule has 1 aliphatic carbocycles. The molecule has 1 saturated heterocycles. The van der Waals surface area contributed by atoms with Crippen molar-refractivity contribution in [3.63, 3.8) is 0 Å². The molecular weight excluding hydrogens is 266 g/mol. The Morgan fingerprint density at radius 1 is 1.29 bits per heavy atom. The molecule has 2 amide bonds. The lowest BCUT2D eigenvalue weighted by Crippen LogP contribution is -2.38. The van der Waals surface area contributed by atoms with Gasteiger partial charge in [0, 0.05) is 25.2 Å². The molecule has 2 fully saturated rings. The van der Waals surface area contributed by atoms with Gasteiger partial charge in [0.05, 0.1) is 17.8 Å². The maximum absolute atomic E-state index is 12.3. The molecule has 21 heavy (non-hydrogen) atoms. The standard InChI is InChI=1S/C16H21N3O2/c20-15-9-12(11-19(15)14-6-2-1-3-7-14)16(21)18-13-5-4-8-17-10-13/h4-5,8,10,12,14H,1-3,6-7,9,11H2,(H,18,21). The minimum Gasteiger partial charge on any atom is -0.339 e. The SMILES string of the molecule is O=C(Nc1cccnc1)C1CC(=O)N(C2CCCCC2)C1. The van der Waals surface area contributed by atoms with Gasteiger partial charge >= 0.3 is 0 Å². The van der Waals surface area contributed by atoms with E-state index in [0.29, 0.717) is 24.7 Å². The van der Waals surface area contributed by atoms with Crippen molar-refractivity contribution in [2.75, 3.05) is 11.9 Å². The molecule has 0 spiro atoms. The van der Waals surface area contributed by atoms with Crippen LogP contribution >= 0.6 is 0 Å². The first-order chi connectivity index (χ1) is 10.2. The van der Waals surface area contributed by atoms with E-state index in [-0.39, 0.29) is 17.7 Å². The fourth-order valence-corrected chi connectivity index (χ4v) is 3.33. The van der Waals surface area contributed by atoms with Gasteiger partial charge in [-0.1, -0.05) is 19.3 Å². The number of amides is 2. The molecule has 3 rings (SSSR count). The number of anilines is 1. The minimum absolute atomic E-state index is 0.0744. The summed E-state index contributed by atoms with van der Waals surface area (Å²) in [5, 5.41) is 2.85. The number of pyridine rings is 1. The summed E-state index contributed by atoms with van der Waals surface area (Å²) in [5.41, 5.74) is 0.686. The van der Waals surface area contributed by atoms with Crippen LogP contribution in [0.25, 0.3) is 0 Å². The van der Waals surface area contributed by atoms with Crippen LogP contribution < -0.4 is 5.32 Å². The van der Waals surface area contributed by atoms with Crippen LogP contribution in [0.15, 0.2) is 24.5 Å². The van der Waals surface area contributed by atoms with Gasteiger partial charge in [0.25, 0.3) is 0 Å². The lowest BCUT2D eigenvalue weighted by molar-refractivity contribution is -0.130. The van der Waals surface area contributed by atoms with E-state index in [2.05, 4.69) is 10.3 Å². The predicted molar refractivity (Wildman–Crippen MR) is 79.6 cm³/mol. The minimum atomic E-state index is -0.236. The van der Waals surface area contributed by atoms with Gasteiger partial charge in [0.15, 0.2) is 0 Å². The first-order valence-corrected chi connectivity index (χ1v) is 7.74. The number of hydrogen-bond acceptors (Lipinski definition) is 3. The van der Waals surface area contributed by atoms with Crippen LogP contribution in [0.2, 0.25) is 0 Å². The van der Waals surface area contributed by atoms with Crippen LogP contribution in [0.5, 0.6) is 0 Å². The highest BCUT2D eigenvalue weighted by atomic mass is 16.2. The summed E-state index contributed by atoms with van der Waals surface area (Å²) in [5.74, 6) is -0.178. The zero-order valence-electron chi connectivity index (χ0n) is 12.1. The summed E-state index contributed by atoms with van der Waals surface area (Å²) in [6, 6.07) is 3.94. The number of carbonyl (C=O) groups excluding carboxylic acids is 2. The van der Waals surface area contributed by atoms with Crippen molar-refractivity contribution in [3.8, 4) is 0 Å². The molecule has 1 aromatic rings. The Hall–Kier alpha value is -1.91. The van der Waals surface area contributed by atoms with Crippen molar-refractivity contribution in [2.45, 2.75) is 44.6 Å². The number of rotatable bonds is 3. The molecular formula is C16H21N3O2. The summed E-state index contributed by atoms with van der Waals surface area (Å²) < 4.78 is 0. The van der Waals surface area contributed by atoms with E-state index in [9.17, 15) is 9.59 Å². The van der Waals surface area contributed by atoms with Crippen molar-refractivity contribution in [1.82, 2.24) is 9.88 Å². The molecule has 0 bridgehead atoms. The highest BCUT2D eigenvalue weighted by molar-refractivity contribution is 5.97. The molecule has 0 radical (unpaired) electrons. The van der Waals surface area contributed by atoms with E-state index in [1.54, 1.807) is 24.5 Å². The molecule has 1 aromatic heterocycles. The molecule has 1 N–H and O–H groups in total. The van der Waals surface area contributed by atoms with Gasteiger partial charge in [-0.15, -0.1) is 0 Å². The zero-order valence-corrected chi connectivity index (χ0v) is 12.1.